The second-order valence-corrected chi connectivity index (χ2v) is 6.49. The van der Waals surface area contributed by atoms with Crippen LogP contribution in [-0.4, -0.2) is 19.1 Å². The number of para-hydroxylation sites is 1. The summed E-state index contributed by atoms with van der Waals surface area (Å²) < 4.78 is 14.0. The third-order valence-electron chi connectivity index (χ3n) is 4.20. The summed E-state index contributed by atoms with van der Waals surface area (Å²) >= 11 is 5.93. The van der Waals surface area contributed by atoms with Crippen molar-refractivity contribution < 1.29 is 4.39 Å². The summed E-state index contributed by atoms with van der Waals surface area (Å²) in [6.07, 6.45) is 1.91. The van der Waals surface area contributed by atoms with Crippen LogP contribution in [0.15, 0.2) is 48.5 Å². The molecule has 2 nitrogen and oxygen atoms in total. The van der Waals surface area contributed by atoms with Crippen molar-refractivity contribution in [2.24, 2.45) is 11.7 Å². The number of piperidine rings is 1. The molecule has 22 heavy (non-hydrogen) atoms. The van der Waals surface area contributed by atoms with Crippen molar-refractivity contribution in [2.45, 2.75) is 18.9 Å². The summed E-state index contributed by atoms with van der Waals surface area (Å²) in [5, 5.41) is 0.747. The zero-order valence-electron chi connectivity index (χ0n) is 12.4. The average Bonchev–Trinajstić information content (AvgIpc) is 2.49. The maximum absolute atomic E-state index is 14.0. The summed E-state index contributed by atoms with van der Waals surface area (Å²) in [7, 11) is 0. The Morgan fingerprint density at radius 1 is 1.09 bits per heavy atom. The zero-order chi connectivity index (χ0) is 15.5. The molecule has 0 radical (unpaired) electrons. The van der Waals surface area contributed by atoms with Gasteiger partial charge in [0.15, 0.2) is 0 Å². The molecule has 3 rings (SSSR count). The van der Waals surface area contributed by atoms with Gasteiger partial charge in [-0.1, -0.05) is 35.9 Å². The van der Waals surface area contributed by atoms with Crippen LogP contribution in [0.25, 0.3) is 0 Å². The SMILES string of the molecule is NC1CC(Cc2ccc(Cl)cc2)CN(c2ccccc2F)C1. The smallest absolute Gasteiger partial charge is 0.146 e. The molecule has 0 aromatic heterocycles. The molecule has 2 unspecified atom stereocenters. The van der Waals surface area contributed by atoms with Gasteiger partial charge in [0.2, 0.25) is 0 Å². The van der Waals surface area contributed by atoms with Gasteiger partial charge in [0.25, 0.3) is 0 Å². The van der Waals surface area contributed by atoms with Crippen LogP contribution in [-0.2, 0) is 6.42 Å². The van der Waals surface area contributed by atoms with Crippen molar-refractivity contribution in [1.82, 2.24) is 0 Å². The highest BCUT2D eigenvalue weighted by Crippen LogP contribution is 2.27. The Bertz CT molecular complexity index is 629. The monoisotopic (exact) mass is 318 g/mol. The minimum absolute atomic E-state index is 0.0747. The van der Waals surface area contributed by atoms with Crippen molar-refractivity contribution in [3.63, 3.8) is 0 Å². The maximum atomic E-state index is 14.0. The number of hydrogen-bond acceptors (Lipinski definition) is 2. The minimum atomic E-state index is -0.179. The van der Waals surface area contributed by atoms with Crippen molar-refractivity contribution in [1.29, 1.82) is 0 Å². The molecule has 0 spiro atoms. The van der Waals surface area contributed by atoms with Gasteiger partial charge in [0, 0.05) is 24.2 Å². The zero-order valence-corrected chi connectivity index (χ0v) is 13.1. The van der Waals surface area contributed by atoms with E-state index in [1.165, 1.54) is 11.6 Å². The molecular weight excluding hydrogens is 299 g/mol. The predicted molar refractivity (Wildman–Crippen MR) is 89.9 cm³/mol. The van der Waals surface area contributed by atoms with E-state index in [1.807, 2.05) is 24.3 Å². The van der Waals surface area contributed by atoms with E-state index in [0.29, 0.717) is 18.2 Å². The molecule has 116 valence electrons. The van der Waals surface area contributed by atoms with Gasteiger partial charge in [-0.15, -0.1) is 0 Å². The molecule has 2 aromatic carbocycles. The summed E-state index contributed by atoms with van der Waals surface area (Å²) in [5.74, 6) is 0.242. The lowest BCUT2D eigenvalue weighted by Crippen LogP contribution is -2.48. The molecule has 0 saturated carbocycles. The van der Waals surface area contributed by atoms with Crippen LogP contribution < -0.4 is 10.6 Å². The second kappa shape index (κ2) is 6.67. The van der Waals surface area contributed by atoms with Crippen molar-refractivity contribution in [3.05, 3.63) is 64.9 Å². The normalized spacial score (nSPS) is 21.9. The van der Waals surface area contributed by atoms with Crippen LogP contribution in [0.2, 0.25) is 5.02 Å². The number of hydrogen-bond donors (Lipinski definition) is 1. The van der Waals surface area contributed by atoms with Gasteiger partial charge >= 0.3 is 0 Å². The van der Waals surface area contributed by atoms with Gasteiger partial charge in [-0.25, -0.2) is 4.39 Å². The Hall–Kier alpha value is -1.58. The highest BCUT2D eigenvalue weighted by atomic mass is 35.5. The first-order valence-electron chi connectivity index (χ1n) is 7.61. The molecule has 4 heteroatoms. The number of benzene rings is 2. The van der Waals surface area contributed by atoms with Crippen molar-refractivity contribution in [2.75, 3.05) is 18.0 Å². The summed E-state index contributed by atoms with van der Waals surface area (Å²) in [5.41, 5.74) is 8.09. The molecule has 2 N–H and O–H groups in total. The third-order valence-corrected chi connectivity index (χ3v) is 4.45. The van der Waals surface area contributed by atoms with Gasteiger partial charge in [-0.2, -0.15) is 0 Å². The Morgan fingerprint density at radius 2 is 1.82 bits per heavy atom. The summed E-state index contributed by atoms with van der Waals surface area (Å²) in [6.45, 7) is 1.54. The van der Waals surface area contributed by atoms with Gasteiger partial charge in [0.05, 0.1) is 5.69 Å². The van der Waals surface area contributed by atoms with Gasteiger partial charge in [0.1, 0.15) is 5.82 Å². The second-order valence-electron chi connectivity index (χ2n) is 6.05. The molecule has 1 aliphatic heterocycles. The van der Waals surface area contributed by atoms with E-state index in [4.69, 9.17) is 17.3 Å². The third kappa shape index (κ3) is 3.60. The quantitative estimate of drug-likeness (QED) is 0.930. The van der Waals surface area contributed by atoms with Crippen LogP contribution in [0, 0.1) is 11.7 Å². The lowest BCUT2D eigenvalue weighted by molar-refractivity contribution is 0.372. The van der Waals surface area contributed by atoms with E-state index in [0.717, 1.165) is 24.4 Å². The van der Waals surface area contributed by atoms with Gasteiger partial charge < -0.3 is 10.6 Å². The molecule has 1 heterocycles. The maximum Gasteiger partial charge on any atom is 0.146 e. The Kier molecular flexibility index (Phi) is 4.65. The molecular formula is C18H20ClFN2. The fourth-order valence-electron chi connectivity index (χ4n) is 3.25. The fraction of sp³-hybridized carbons (Fsp3) is 0.333. The minimum Gasteiger partial charge on any atom is -0.367 e. The summed E-state index contributed by atoms with van der Waals surface area (Å²) in [4.78, 5) is 2.07. The van der Waals surface area contributed by atoms with Crippen LogP contribution in [0.3, 0.4) is 0 Å². The first-order chi connectivity index (χ1) is 10.6. The predicted octanol–water partition coefficient (Wildman–Crippen LogP) is 3.88. The van der Waals surface area contributed by atoms with Gasteiger partial charge in [-0.3, -0.25) is 0 Å². The number of rotatable bonds is 3. The lowest BCUT2D eigenvalue weighted by Gasteiger charge is -2.38. The number of nitrogens with two attached hydrogens (primary N) is 1. The molecule has 0 bridgehead atoms. The van der Waals surface area contributed by atoms with E-state index in [2.05, 4.69) is 17.0 Å². The molecule has 0 aliphatic carbocycles. The molecule has 1 fully saturated rings. The topological polar surface area (TPSA) is 29.3 Å². The Morgan fingerprint density at radius 3 is 2.55 bits per heavy atom. The molecule has 1 aliphatic rings. The van der Waals surface area contributed by atoms with Crippen molar-refractivity contribution in [3.8, 4) is 0 Å². The number of halogens is 2. The summed E-state index contributed by atoms with van der Waals surface area (Å²) in [6, 6.07) is 14.9. The van der Waals surface area contributed by atoms with E-state index >= 15 is 0 Å². The van der Waals surface area contributed by atoms with E-state index in [1.54, 1.807) is 6.07 Å². The average molecular weight is 319 g/mol. The highest BCUT2D eigenvalue weighted by molar-refractivity contribution is 6.30. The highest BCUT2D eigenvalue weighted by Gasteiger charge is 2.26. The van der Waals surface area contributed by atoms with Crippen LogP contribution >= 0.6 is 11.6 Å². The van der Waals surface area contributed by atoms with Crippen molar-refractivity contribution >= 4 is 17.3 Å². The largest absolute Gasteiger partial charge is 0.367 e. The first-order valence-corrected chi connectivity index (χ1v) is 7.99. The number of nitrogens with zero attached hydrogens (tertiary/aromatic N) is 1. The standard InChI is InChI=1S/C18H20ClFN2/c19-15-7-5-13(6-8-15)9-14-10-16(21)12-22(11-14)18-4-2-1-3-17(18)20/h1-8,14,16H,9-12,21H2. The number of anilines is 1. The van der Waals surface area contributed by atoms with E-state index in [9.17, 15) is 4.39 Å². The molecule has 2 atom stereocenters. The molecule has 2 aromatic rings. The van der Waals surface area contributed by atoms with Gasteiger partial charge in [-0.05, 0) is 48.6 Å². The van der Waals surface area contributed by atoms with E-state index in [-0.39, 0.29) is 11.9 Å². The van der Waals surface area contributed by atoms with Crippen LogP contribution in [0.1, 0.15) is 12.0 Å². The Balaban J connectivity index is 1.73. The Labute approximate surface area is 135 Å². The first kappa shape index (κ1) is 15.3. The molecule has 1 saturated heterocycles. The van der Waals surface area contributed by atoms with Crippen LogP contribution in [0.5, 0.6) is 0 Å². The van der Waals surface area contributed by atoms with E-state index < -0.39 is 0 Å². The fourth-order valence-corrected chi connectivity index (χ4v) is 3.38. The van der Waals surface area contributed by atoms with Crippen LogP contribution in [0.4, 0.5) is 10.1 Å². The lowest BCUT2D eigenvalue weighted by atomic mass is 9.89. The molecule has 0 amide bonds.